The normalized spacial score (nSPS) is 13.5. The van der Waals surface area contributed by atoms with Crippen LogP contribution in [0.5, 0.6) is 0 Å². The topological polar surface area (TPSA) is 56.7 Å². The second-order valence-corrected chi connectivity index (χ2v) is 4.86. The van der Waals surface area contributed by atoms with Crippen LogP contribution in [0.25, 0.3) is 11.2 Å². The fraction of sp³-hybridized carbons (Fsp3) is 0.538. The summed E-state index contributed by atoms with van der Waals surface area (Å²) in [5.41, 5.74) is 9.00. The number of pyridine rings is 1. The molecule has 2 heterocycles. The molecule has 2 aromatic rings. The lowest BCUT2D eigenvalue weighted by Crippen LogP contribution is -2.16. The lowest BCUT2D eigenvalue weighted by molar-refractivity contribution is 0.376. The zero-order valence-corrected chi connectivity index (χ0v) is 10.9. The Morgan fingerprint density at radius 3 is 2.71 bits per heavy atom. The number of hydrogen-bond acceptors (Lipinski definition) is 3. The molecule has 0 aliphatic carbocycles. The quantitative estimate of drug-likeness (QED) is 0.885. The zero-order valence-electron chi connectivity index (χ0n) is 10.9. The highest BCUT2D eigenvalue weighted by Crippen LogP contribution is 2.29. The Morgan fingerprint density at radius 2 is 2.12 bits per heavy atom. The molecule has 0 bridgehead atoms. The van der Waals surface area contributed by atoms with Crippen molar-refractivity contribution >= 4 is 17.1 Å². The third-order valence-electron chi connectivity index (χ3n) is 3.33. The molecule has 2 rings (SSSR count). The molecule has 0 saturated heterocycles. The van der Waals surface area contributed by atoms with Crippen LogP contribution >= 0.6 is 0 Å². The fourth-order valence-electron chi connectivity index (χ4n) is 2.41. The van der Waals surface area contributed by atoms with Crippen LogP contribution in [-0.4, -0.2) is 14.5 Å². The first-order chi connectivity index (χ1) is 8.06. The van der Waals surface area contributed by atoms with Gasteiger partial charge in [-0.3, -0.25) is 4.57 Å². The van der Waals surface area contributed by atoms with Crippen LogP contribution in [0, 0.1) is 12.8 Å². The summed E-state index contributed by atoms with van der Waals surface area (Å²) >= 11 is 0. The number of nitrogens with two attached hydrogens (primary N) is 1. The highest BCUT2D eigenvalue weighted by Gasteiger charge is 2.20. The number of anilines is 1. The summed E-state index contributed by atoms with van der Waals surface area (Å²) in [5, 5.41) is 0. The van der Waals surface area contributed by atoms with Crippen molar-refractivity contribution in [2.75, 3.05) is 5.73 Å². The molecule has 0 radical (unpaired) electrons. The van der Waals surface area contributed by atoms with Crippen molar-refractivity contribution in [1.82, 2.24) is 14.5 Å². The third-order valence-corrected chi connectivity index (χ3v) is 3.33. The number of imidazole rings is 1. The Bertz CT molecular complexity index is 527. The van der Waals surface area contributed by atoms with Gasteiger partial charge in [0.05, 0.1) is 0 Å². The average Bonchev–Trinajstić information content (AvgIpc) is 2.59. The van der Waals surface area contributed by atoms with Gasteiger partial charge in [0.25, 0.3) is 0 Å². The Labute approximate surface area is 102 Å². The van der Waals surface area contributed by atoms with Gasteiger partial charge in [0, 0.05) is 12.2 Å². The molecule has 0 amide bonds. The Hall–Kier alpha value is -1.58. The predicted octanol–water partition coefficient (Wildman–Crippen LogP) is 2.93. The van der Waals surface area contributed by atoms with Gasteiger partial charge in [0.15, 0.2) is 5.65 Å². The minimum Gasteiger partial charge on any atom is -0.369 e. The second-order valence-electron chi connectivity index (χ2n) is 4.86. The molecule has 92 valence electrons. The summed E-state index contributed by atoms with van der Waals surface area (Å²) < 4.78 is 2.08. The van der Waals surface area contributed by atoms with Gasteiger partial charge in [-0.15, -0.1) is 0 Å². The molecule has 1 unspecified atom stereocenters. The lowest BCUT2D eigenvalue weighted by atomic mass is 10.0. The van der Waals surface area contributed by atoms with E-state index in [1.165, 1.54) is 0 Å². The standard InChI is InChI=1S/C13H20N4/c1-5-10(8(2)3)17-12-11(16-13(17)14)9(4)6-7-15-12/h6-8,10H,5H2,1-4H3,(H2,14,16). The van der Waals surface area contributed by atoms with Crippen LogP contribution in [0.3, 0.4) is 0 Å². The molecular formula is C13H20N4. The van der Waals surface area contributed by atoms with Gasteiger partial charge in [0.1, 0.15) is 5.52 Å². The van der Waals surface area contributed by atoms with Gasteiger partial charge in [-0.1, -0.05) is 20.8 Å². The first-order valence-corrected chi connectivity index (χ1v) is 6.15. The van der Waals surface area contributed by atoms with E-state index in [-0.39, 0.29) is 0 Å². The molecule has 17 heavy (non-hydrogen) atoms. The lowest BCUT2D eigenvalue weighted by Gasteiger charge is -2.22. The molecule has 0 fully saturated rings. The maximum absolute atomic E-state index is 6.05. The highest BCUT2D eigenvalue weighted by molar-refractivity contribution is 5.77. The van der Waals surface area contributed by atoms with Crippen molar-refractivity contribution in [2.24, 2.45) is 5.92 Å². The number of rotatable bonds is 3. The van der Waals surface area contributed by atoms with Crippen molar-refractivity contribution in [2.45, 2.75) is 40.2 Å². The Balaban J connectivity index is 2.68. The van der Waals surface area contributed by atoms with Crippen molar-refractivity contribution in [1.29, 1.82) is 0 Å². The minimum atomic E-state index is 0.356. The second kappa shape index (κ2) is 4.35. The Morgan fingerprint density at radius 1 is 1.41 bits per heavy atom. The molecule has 0 aromatic carbocycles. The molecule has 2 aromatic heterocycles. The molecule has 4 heteroatoms. The van der Waals surface area contributed by atoms with E-state index in [0.29, 0.717) is 17.9 Å². The van der Waals surface area contributed by atoms with E-state index in [2.05, 4.69) is 35.3 Å². The maximum Gasteiger partial charge on any atom is 0.202 e. The smallest absolute Gasteiger partial charge is 0.202 e. The van der Waals surface area contributed by atoms with Gasteiger partial charge >= 0.3 is 0 Å². The van der Waals surface area contributed by atoms with E-state index in [0.717, 1.165) is 23.1 Å². The van der Waals surface area contributed by atoms with Crippen LogP contribution in [0.2, 0.25) is 0 Å². The number of nitrogen functional groups attached to an aromatic ring is 1. The van der Waals surface area contributed by atoms with Gasteiger partial charge in [0.2, 0.25) is 5.95 Å². The molecule has 0 aliphatic rings. The van der Waals surface area contributed by atoms with Crippen molar-refractivity contribution < 1.29 is 0 Å². The van der Waals surface area contributed by atoms with E-state index >= 15 is 0 Å². The predicted molar refractivity (Wildman–Crippen MR) is 70.8 cm³/mol. The summed E-state index contributed by atoms with van der Waals surface area (Å²) in [6, 6.07) is 2.32. The van der Waals surface area contributed by atoms with Crippen LogP contribution in [0.4, 0.5) is 5.95 Å². The van der Waals surface area contributed by atoms with E-state index in [4.69, 9.17) is 5.73 Å². The SMILES string of the molecule is CCC(C(C)C)n1c(N)nc2c(C)ccnc21. The van der Waals surface area contributed by atoms with Crippen molar-refractivity contribution in [3.63, 3.8) is 0 Å². The van der Waals surface area contributed by atoms with Gasteiger partial charge in [-0.25, -0.2) is 9.97 Å². The number of fused-ring (bicyclic) bond motifs is 1. The summed E-state index contributed by atoms with van der Waals surface area (Å²) in [6.45, 7) is 8.62. The fourth-order valence-corrected chi connectivity index (χ4v) is 2.41. The first kappa shape index (κ1) is 11.9. The summed E-state index contributed by atoms with van der Waals surface area (Å²) in [5.74, 6) is 1.09. The molecule has 0 aliphatic heterocycles. The Kier molecular flexibility index (Phi) is 3.05. The van der Waals surface area contributed by atoms with Crippen molar-refractivity contribution in [3.05, 3.63) is 17.8 Å². The summed E-state index contributed by atoms with van der Waals surface area (Å²) in [4.78, 5) is 8.88. The van der Waals surface area contributed by atoms with Crippen LogP contribution < -0.4 is 5.73 Å². The van der Waals surface area contributed by atoms with Crippen molar-refractivity contribution in [3.8, 4) is 0 Å². The summed E-state index contributed by atoms with van der Waals surface area (Å²) in [6.07, 6.45) is 2.85. The molecule has 0 spiro atoms. The van der Waals surface area contributed by atoms with E-state index in [1.54, 1.807) is 0 Å². The number of aryl methyl sites for hydroxylation is 1. The maximum atomic E-state index is 6.05. The molecule has 0 saturated carbocycles. The van der Waals surface area contributed by atoms with E-state index < -0.39 is 0 Å². The van der Waals surface area contributed by atoms with Crippen LogP contribution in [0.15, 0.2) is 12.3 Å². The first-order valence-electron chi connectivity index (χ1n) is 6.15. The molecule has 1 atom stereocenters. The van der Waals surface area contributed by atoms with Gasteiger partial charge < -0.3 is 5.73 Å². The number of nitrogens with zero attached hydrogens (tertiary/aromatic N) is 3. The van der Waals surface area contributed by atoms with Crippen LogP contribution in [-0.2, 0) is 0 Å². The highest BCUT2D eigenvalue weighted by atomic mass is 15.2. The van der Waals surface area contributed by atoms with Crippen LogP contribution in [0.1, 0.15) is 38.8 Å². The van der Waals surface area contributed by atoms with Gasteiger partial charge in [-0.2, -0.15) is 0 Å². The van der Waals surface area contributed by atoms with E-state index in [9.17, 15) is 0 Å². The van der Waals surface area contributed by atoms with Gasteiger partial charge in [-0.05, 0) is 30.9 Å². The summed E-state index contributed by atoms with van der Waals surface area (Å²) in [7, 11) is 0. The molecular weight excluding hydrogens is 212 g/mol. The van der Waals surface area contributed by atoms with E-state index in [1.807, 2.05) is 19.2 Å². The number of aromatic nitrogens is 3. The minimum absolute atomic E-state index is 0.356. The molecule has 4 nitrogen and oxygen atoms in total. The monoisotopic (exact) mass is 232 g/mol. The average molecular weight is 232 g/mol. The zero-order chi connectivity index (χ0) is 12.6. The largest absolute Gasteiger partial charge is 0.369 e. The third kappa shape index (κ3) is 1.88. The number of hydrogen-bond donors (Lipinski definition) is 1. The molecule has 2 N–H and O–H groups in total.